The summed E-state index contributed by atoms with van der Waals surface area (Å²) >= 11 is 3.18. The van der Waals surface area contributed by atoms with Gasteiger partial charge >= 0.3 is 5.97 Å². The molecule has 1 atom stereocenters. The van der Waals surface area contributed by atoms with Crippen LogP contribution in [0.2, 0.25) is 0 Å². The number of aliphatic hydroxyl groups excluding tert-OH is 1. The zero-order valence-corrected chi connectivity index (χ0v) is 14.2. The van der Waals surface area contributed by atoms with Gasteiger partial charge in [0, 0.05) is 17.1 Å². The number of aliphatic hydroxyl groups is 1. The second-order valence-corrected chi connectivity index (χ2v) is 7.34. The fraction of sp³-hybridized carbons (Fsp3) is 0.462. The average Bonchev–Trinajstić information content (AvgIpc) is 2.38. The second kappa shape index (κ2) is 7.35. The SMILES string of the molecule is Cc1c(Br)cc(S(=O)(=O)NC(C)CCCO)cc1C(=O)O. The van der Waals surface area contributed by atoms with Crippen LogP contribution in [0.5, 0.6) is 0 Å². The fourth-order valence-electron chi connectivity index (χ4n) is 1.82. The van der Waals surface area contributed by atoms with Crippen LogP contribution in [-0.4, -0.2) is 37.2 Å². The Bertz CT molecular complexity index is 630. The zero-order valence-electron chi connectivity index (χ0n) is 11.8. The van der Waals surface area contributed by atoms with Crippen LogP contribution in [0.4, 0.5) is 0 Å². The van der Waals surface area contributed by atoms with E-state index >= 15 is 0 Å². The molecule has 0 saturated heterocycles. The highest BCUT2D eigenvalue weighted by molar-refractivity contribution is 9.10. The van der Waals surface area contributed by atoms with Crippen molar-refractivity contribution in [2.75, 3.05) is 6.61 Å². The van der Waals surface area contributed by atoms with Gasteiger partial charge in [-0.2, -0.15) is 0 Å². The Morgan fingerprint density at radius 1 is 1.43 bits per heavy atom. The quantitative estimate of drug-likeness (QED) is 0.670. The number of aromatic carboxylic acids is 1. The molecule has 0 spiro atoms. The van der Waals surface area contributed by atoms with Crippen molar-refractivity contribution in [1.29, 1.82) is 0 Å². The van der Waals surface area contributed by atoms with Crippen molar-refractivity contribution in [3.05, 3.63) is 27.7 Å². The summed E-state index contributed by atoms with van der Waals surface area (Å²) in [4.78, 5) is 11.0. The smallest absolute Gasteiger partial charge is 0.336 e. The summed E-state index contributed by atoms with van der Waals surface area (Å²) < 4.78 is 27.4. The molecule has 0 heterocycles. The van der Waals surface area contributed by atoms with Crippen LogP contribution in [0.15, 0.2) is 21.5 Å². The van der Waals surface area contributed by atoms with E-state index in [9.17, 15) is 13.2 Å². The highest BCUT2D eigenvalue weighted by atomic mass is 79.9. The molecule has 0 aromatic heterocycles. The first kappa shape index (κ1) is 18.1. The Hall–Kier alpha value is -0.960. The number of hydrogen-bond donors (Lipinski definition) is 3. The highest BCUT2D eigenvalue weighted by Gasteiger charge is 2.21. The lowest BCUT2D eigenvalue weighted by molar-refractivity contribution is 0.0695. The van der Waals surface area contributed by atoms with Gasteiger partial charge in [-0.15, -0.1) is 0 Å². The van der Waals surface area contributed by atoms with Gasteiger partial charge in [-0.05, 0) is 44.4 Å². The predicted octanol–water partition coefficient (Wildman–Crippen LogP) is 1.90. The number of nitrogens with one attached hydrogen (secondary N) is 1. The molecule has 6 nitrogen and oxygen atoms in total. The van der Waals surface area contributed by atoms with Gasteiger partial charge in [0.25, 0.3) is 0 Å². The molecule has 8 heteroatoms. The number of sulfonamides is 1. The van der Waals surface area contributed by atoms with E-state index in [4.69, 9.17) is 10.2 Å². The van der Waals surface area contributed by atoms with Gasteiger partial charge in [0.1, 0.15) is 0 Å². The van der Waals surface area contributed by atoms with Crippen molar-refractivity contribution in [2.24, 2.45) is 0 Å². The maximum atomic E-state index is 12.3. The lowest BCUT2D eigenvalue weighted by atomic mass is 10.1. The standard InChI is InChI=1S/C13H18BrNO5S/c1-8(4-3-5-16)15-21(19,20)10-6-11(13(17)18)9(2)12(14)7-10/h6-8,15-16H,3-5H2,1-2H3,(H,17,18). The van der Waals surface area contributed by atoms with Crippen LogP contribution >= 0.6 is 15.9 Å². The van der Waals surface area contributed by atoms with E-state index in [1.54, 1.807) is 13.8 Å². The van der Waals surface area contributed by atoms with Crippen molar-refractivity contribution >= 4 is 31.9 Å². The van der Waals surface area contributed by atoms with Crippen molar-refractivity contribution < 1.29 is 23.4 Å². The van der Waals surface area contributed by atoms with Crippen LogP contribution in [0.25, 0.3) is 0 Å². The van der Waals surface area contributed by atoms with Crippen molar-refractivity contribution in [3.63, 3.8) is 0 Å². The number of carboxylic acid groups (broad SMARTS) is 1. The number of benzene rings is 1. The summed E-state index contributed by atoms with van der Waals surface area (Å²) in [6, 6.07) is 2.17. The average molecular weight is 380 g/mol. The molecular weight excluding hydrogens is 362 g/mol. The van der Waals surface area contributed by atoms with Crippen LogP contribution in [-0.2, 0) is 10.0 Å². The van der Waals surface area contributed by atoms with Gasteiger partial charge in [-0.25, -0.2) is 17.9 Å². The first-order valence-corrected chi connectivity index (χ1v) is 8.63. The van der Waals surface area contributed by atoms with E-state index in [1.807, 2.05) is 0 Å². The third kappa shape index (κ3) is 4.77. The van der Waals surface area contributed by atoms with Crippen LogP contribution in [0, 0.1) is 6.92 Å². The van der Waals surface area contributed by atoms with E-state index in [2.05, 4.69) is 20.7 Å². The second-order valence-electron chi connectivity index (χ2n) is 4.77. The molecular formula is C13H18BrNO5S. The molecule has 0 radical (unpaired) electrons. The van der Waals surface area contributed by atoms with Gasteiger partial charge in [0.15, 0.2) is 0 Å². The summed E-state index contributed by atoms with van der Waals surface area (Å²) in [6.07, 6.45) is 0.982. The van der Waals surface area contributed by atoms with Crippen LogP contribution in [0.1, 0.15) is 35.7 Å². The number of rotatable bonds is 7. The predicted molar refractivity (Wildman–Crippen MR) is 81.9 cm³/mol. The summed E-state index contributed by atoms with van der Waals surface area (Å²) in [5.41, 5.74) is 0.405. The van der Waals surface area contributed by atoms with E-state index in [-0.39, 0.29) is 23.1 Å². The third-order valence-electron chi connectivity index (χ3n) is 3.01. The Morgan fingerprint density at radius 3 is 2.57 bits per heavy atom. The lowest BCUT2D eigenvalue weighted by Gasteiger charge is -2.15. The fourth-order valence-corrected chi connectivity index (χ4v) is 3.76. The molecule has 1 rings (SSSR count). The minimum absolute atomic E-state index is 0.00862. The number of carbonyl (C=O) groups is 1. The molecule has 3 N–H and O–H groups in total. The minimum Gasteiger partial charge on any atom is -0.478 e. The summed E-state index contributed by atoms with van der Waals surface area (Å²) in [6.45, 7) is 3.28. The zero-order chi connectivity index (χ0) is 16.2. The minimum atomic E-state index is -3.81. The molecule has 118 valence electrons. The Morgan fingerprint density at radius 2 is 2.05 bits per heavy atom. The van der Waals surface area contributed by atoms with Gasteiger partial charge in [-0.3, -0.25) is 0 Å². The van der Waals surface area contributed by atoms with Gasteiger partial charge < -0.3 is 10.2 Å². The maximum absolute atomic E-state index is 12.3. The van der Waals surface area contributed by atoms with Gasteiger partial charge in [0.2, 0.25) is 10.0 Å². The van der Waals surface area contributed by atoms with E-state index < -0.39 is 16.0 Å². The molecule has 1 aromatic carbocycles. The lowest BCUT2D eigenvalue weighted by Crippen LogP contribution is -2.33. The van der Waals surface area contributed by atoms with Crippen LogP contribution in [0.3, 0.4) is 0 Å². The molecule has 0 aliphatic carbocycles. The van der Waals surface area contributed by atoms with Crippen molar-refractivity contribution in [1.82, 2.24) is 4.72 Å². The van der Waals surface area contributed by atoms with Crippen molar-refractivity contribution in [3.8, 4) is 0 Å². The molecule has 0 aliphatic rings. The molecule has 1 unspecified atom stereocenters. The summed E-state index contributed by atoms with van der Waals surface area (Å²) in [5, 5.41) is 17.9. The highest BCUT2D eigenvalue weighted by Crippen LogP contribution is 2.25. The molecule has 0 fully saturated rings. The molecule has 0 bridgehead atoms. The van der Waals surface area contributed by atoms with E-state index in [0.29, 0.717) is 22.9 Å². The van der Waals surface area contributed by atoms with Gasteiger partial charge in [0.05, 0.1) is 10.5 Å². The van der Waals surface area contributed by atoms with Crippen molar-refractivity contribution in [2.45, 2.75) is 37.6 Å². The summed E-state index contributed by atoms with van der Waals surface area (Å²) in [5.74, 6) is -1.18. The normalized spacial score (nSPS) is 13.1. The third-order valence-corrected chi connectivity index (χ3v) is 5.40. The van der Waals surface area contributed by atoms with E-state index in [0.717, 1.165) is 6.07 Å². The Labute approximate surface area is 132 Å². The van der Waals surface area contributed by atoms with E-state index in [1.165, 1.54) is 6.07 Å². The Balaban J connectivity index is 3.12. The molecule has 0 amide bonds. The monoisotopic (exact) mass is 379 g/mol. The first-order valence-electron chi connectivity index (χ1n) is 6.35. The van der Waals surface area contributed by atoms with Gasteiger partial charge in [-0.1, -0.05) is 15.9 Å². The van der Waals surface area contributed by atoms with Crippen LogP contribution < -0.4 is 4.72 Å². The summed E-state index contributed by atoms with van der Waals surface area (Å²) in [7, 11) is -3.81. The molecule has 0 saturated carbocycles. The maximum Gasteiger partial charge on any atom is 0.336 e. The number of hydrogen-bond acceptors (Lipinski definition) is 4. The molecule has 0 aliphatic heterocycles. The number of carboxylic acids is 1. The first-order chi connectivity index (χ1) is 9.69. The topological polar surface area (TPSA) is 104 Å². The molecule has 21 heavy (non-hydrogen) atoms. The molecule has 1 aromatic rings. The Kier molecular flexibility index (Phi) is 6.33. The number of halogens is 1. The largest absolute Gasteiger partial charge is 0.478 e.